The van der Waals surface area contributed by atoms with Crippen LogP contribution < -0.4 is 0 Å². The summed E-state index contributed by atoms with van der Waals surface area (Å²) in [6, 6.07) is 1.94. The van der Waals surface area contributed by atoms with Crippen LogP contribution in [-0.2, 0) is 17.8 Å². The van der Waals surface area contributed by atoms with E-state index in [1.165, 1.54) is 11.3 Å². The van der Waals surface area contributed by atoms with E-state index < -0.39 is 6.61 Å². The Kier molecular flexibility index (Phi) is 4.28. The molecular weight excluding hydrogens is 262 g/mol. The van der Waals surface area contributed by atoms with Gasteiger partial charge in [0.25, 0.3) is 0 Å². The molecule has 13 heavy (non-hydrogen) atoms. The Morgan fingerprint density at radius 3 is 2.85 bits per heavy atom. The summed E-state index contributed by atoms with van der Waals surface area (Å²) in [5, 5.41) is 0. The molecule has 1 aromatic heterocycles. The molecule has 0 aliphatic heterocycles. The third-order valence-corrected chi connectivity index (χ3v) is 3.24. The van der Waals surface area contributed by atoms with Crippen LogP contribution in [0.5, 0.6) is 0 Å². The van der Waals surface area contributed by atoms with Gasteiger partial charge in [-0.05, 0) is 34.0 Å². The van der Waals surface area contributed by atoms with Gasteiger partial charge in [-0.1, -0.05) is 6.92 Å². The molecule has 1 heterocycles. The van der Waals surface area contributed by atoms with Gasteiger partial charge in [0, 0.05) is 4.88 Å². The van der Waals surface area contributed by atoms with Crippen LogP contribution in [0, 0.1) is 0 Å². The molecule has 0 saturated carbocycles. The molecular formula is C8H9BrF2OS. The molecule has 0 bridgehead atoms. The number of alkyl halides is 2. The van der Waals surface area contributed by atoms with Crippen LogP contribution in [0.4, 0.5) is 8.78 Å². The van der Waals surface area contributed by atoms with E-state index in [9.17, 15) is 8.78 Å². The lowest BCUT2D eigenvalue weighted by molar-refractivity contribution is -0.136. The maximum absolute atomic E-state index is 11.7. The van der Waals surface area contributed by atoms with E-state index in [-0.39, 0.29) is 6.61 Å². The number of halogens is 3. The van der Waals surface area contributed by atoms with Gasteiger partial charge >= 0.3 is 6.61 Å². The van der Waals surface area contributed by atoms with E-state index in [0.29, 0.717) is 0 Å². The van der Waals surface area contributed by atoms with Crippen molar-refractivity contribution in [3.8, 4) is 0 Å². The first kappa shape index (κ1) is 11.1. The molecule has 0 aliphatic rings. The highest BCUT2D eigenvalue weighted by molar-refractivity contribution is 9.11. The topological polar surface area (TPSA) is 9.23 Å². The summed E-state index contributed by atoms with van der Waals surface area (Å²) in [4.78, 5) is 0.870. The fourth-order valence-electron chi connectivity index (χ4n) is 0.990. The molecule has 0 aliphatic carbocycles. The first-order valence-corrected chi connectivity index (χ1v) is 5.41. The first-order chi connectivity index (χ1) is 6.13. The summed E-state index contributed by atoms with van der Waals surface area (Å²) < 4.78 is 28.7. The van der Waals surface area contributed by atoms with Crippen LogP contribution in [0.25, 0.3) is 0 Å². The van der Waals surface area contributed by atoms with E-state index in [1.54, 1.807) is 0 Å². The minimum absolute atomic E-state index is 0.00287. The fraction of sp³-hybridized carbons (Fsp3) is 0.500. The van der Waals surface area contributed by atoms with Gasteiger partial charge in [-0.15, -0.1) is 11.3 Å². The van der Waals surface area contributed by atoms with Gasteiger partial charge in [0.2, 0.25) is 0 Å². The molecule has 0 aromatic carbocycles. The summed E-state index contributed by atoms with van der Waals surface area (Å²) in [5.74, 6) is 0. The molecule has 0 fully saturated rings. The van der Waals surface area contributed by atoms with E-state index in [2.05, 4.69) is 20.7 Å². The Labute approximate surface area is 87.8 Å². The van der Waals surface area contributed by atoms with Crippen molar-refractivity contribution >= 4 is 27.3 Å². The Hall–Kier alpha value is -0.0000000000000000833. The Morgan fingerprint density at radius 2 is 2.31 bits per heavy atom. The Bertz CT molecular complexity index is 275. The largest absolute Gasteiger partial charge is 0.345 e. The Balaban J connectivity index is 2.64. The van der Waals surface area contributed by atoms with Gasteiger partial charge < -0.3 is 4.74 Å². The number of hydrogen-bond donors (Lipinski definition) is 0. The number of rotatable bonds is 4. The quantitative estimate of drug-likeness (QED) is 0.809. The fourth-order valence-corrected chi connectivity index (χ4v) is 2.75. The van der Waals surface area contributed by atoms with Crippen molar-refractivity contribution in [2.45, 2.75) is 26.6 Å². The highest BCUT2D eigenvalue weighted by atomic mass is 79.9. The summed E-state index contributed by atoms with van der Waals surface area (Å²) in [6.07, 6.45) is 0.837. The zero-order valence-corrected chi connectivity index (χ0v) is 9.42. The van der Waals surface area contributed by atoms with Crippen molar-refractivity contribution in [2.24, 2.45) is 0 Å². The van der Waals surface area contributed by atoms with E-state index >= 15 is 0 Å². The van der Waals surface area contributed by atoms with Crippen LogP contribution in [0.2, 0.25) is 0 Å². The van der Waals surface area contributed by atoms with Gasteiger partial charge in [-0.3, -0.25) is 0 Å². The summed E-state index contributed by atoms with van der Waals surface area (Å²) in [6.45, 7) is -0.706. The van der Waals surface area contributed by atoms with Crippen LogP contribution in [0.15, 0.2) is 9.85 Å². The monoisotopic (exact) mass is 270 g/mol. The van der Waals surface area contributed by atoms with E-state index in [0.717, 1.165) is 20.6 Å². The standard InChI is InChI=1S/C8H9BrF2OS/c1-2-5-3-7(9)13-6(5)4-12-8(10)11/h3,8H,2,4H2,1H3. The van der Waals surface area contributed by atoms with Crippen molar-refractivity contribution < 1.29 is 13.5 Å². The molecule has 0 radical (unpaired) electrons. The lowest BCUT2D eigenvalue weighted by Crippen LogP contribution is -1.99. The zero-order valence-electron chi connectivity index (χ0n) is 7.02. The second-order valence-corrected chi connectivity index (χ2v) is 4.94. The van der Waals surface area contributed by atoms with Gasteiger partial charge in [-0.25, -0.2) is 0 Å². The molecule has 0 spiro atoms. The lowest BCUT2D eigenvalue weighted by atomic mass is 10.2. The molecule has 1 aromatic rings. The Morgan fingerprint density at radius 1 is 1.62 bits per heavy atom. The van der Waals surface area contributed by atoms with E-state index in [4.69, 9.17) is 0 Å². The van der Waals surface area contributed by atoms with Crippen LogP contribution >= 0.6 is 27.3 Å². The molecule has 0 unspecified atom stereocenters. The molecule has 1 rings (SSSR count). The van der Waals surface area contributed by atoms with Crippen molar-refractivity contribution in [1.29, 1.82) is 0 Å². The molecule has 74 valence electrons. The molecule has 0 saturated heterocycles. The van der Waals surface area contributed by atoms with Crippen molar-refractivity contribution in [2.75, 3.05) is 0 Å². The predicted octanol–water partition coefficient (Wildman–Crippen LogP) is 3.81. The first-order valence-electron chi connectivity index (χ1n) is 3.80. The van der Waals surface area contributed by atoms with Crippen molar-refractivity contribution in [3.63, 3.8) is 0 Å². The average Bonchev–Trinajstić information content (AvgIpc) is 2.42. The van der Waals surface area contributed by atoms with E-state index in [1.807, 2.05) is 13.0 Å². The maximum Gasteiger partial charge on any atom is 0.345 e. The van der Waals surface area contributed by atoms with Crippen LogP contribution in [-0.4, -0.2) is 6.61 Å². The molecule has 5 heteroatoms. The summed E-state index contributed by atoms with van der Waals surface area (Å²) in [7, 11) is 0. The average molecular weight is 271 g/mol. The molecule has 0 amide bonds. The van der Waals surface area contributed by atoms with Gasteiger partial charge in [0.1, 0.15) is 0 Å². The predicted molar refractivity (Wildman–Crippen MR) is 52.2 cm³/mol. The summed E-state index contributed by atoms with van der Waals surface area (Å²) >= 11 is 4.75. The van der Waals surface area contributed by atoms with Crippen molar-refractivity contribution in [1.82, 2.24) is 0 Å². The summed E-state index contributed by atoms with van der Waals surface area (Å²) in [5.41, 5.74) is 1.07. The SMILES string of the molecule is CCc1cc(Br)sc1COC(F)F. The zero-order chi connectivity index (χ0) is 9.84. The van der Waals surface area contributed by atoms with Gasteiger partial charge in [0.05, 0.1) is 10.4 Å². The number of aryl methyl sites for hydroxylation is 1. The maximum atomic E-state index is 11.7. The van der Waals surface area contributed by atoms with Gasteiger partial charge in [0.15, 0.2) is 0 Å². The second-order valence-electron chi connectivity index (χ2n) is 2.42. The van der Waals surface area contributed by atoms with Crippen molar-refractivity contribution in [3.05, 3.63) is 20.3 Å². The third kappa shape index (κ3) is 3.32. The molecule has 0 N–H and O–H groups in total. The number of thiophene rings is 1. The molecule has 1 nitrogen and oxygen atoms in total. The minimum Gasteiger partial charge on any atom is -0.317 e. The highest BCUT2D eigenvalue weighted by Gasteiger charge is 2.09. The smallest absolute Gasteiger partial charge is 0.317 e. The second kappa shape index (κ2) is 5.02. The number of ether oxygens (including phenoxy) is 1. The number of hydrogen-bond acceptors (Lipinski definition) is 2. The van der Waals surface area contributed by atoms with Gasteiger partial charge in [-0.2, -0.15) is 8.78 Å². The van der Waals surface area contributed by atoms with Crippen LogP contribution in [0.3, 0.4) is 0 Å². The molecule has 0 atom stereocenters. The highest BCUT2D eigenvalue weighted by Crippen LogP contribution is 2.28. The normalized spacial score (nSPS) is 11.2. The third-order valence-electron chi connectivity index (χ3n) is 1.59. The lowest BCUT2D eigenvalue weighted by Gasteiger charge is -2.01. The minimum atomic E-state index is -2.69. The van der Waals surface area contributed by atoms with Crippen LogP contribution in [0.1, 0.15) is 17.4 Å².